The van der Waals surface area contributed by atoms with Gasteiger partial charge in [-0.25, -0.2) is 0 Å². The van der Waals surface area contributed by atoms with Crippen LogP contribution in [0.2, 0.25) is 0 Å². The lowest BCUT2D eigenvalue weighted by Gasteiger charge is -2.44. The van der Waals surface area contributed by atoms with Gasteiger partial charge in [-0.1, -0.05) is 6.92 Å². The number of nitrogens with zero attached hydrogens (tertiary/aromatic N) is 1. The maximum Gasteiger partial charge on any atom is 0.0885 e. The average Bonchev–Trinajstić information content (AvgIpc) is 2.05. The fourth-order valence-corrected chi connectivity index (χ4v) is 2.41. The lowest BCUT2D eigenvalue weighted by atomic mass is 9.97. The zero-order valence-corrected chi connectivity index (χ0v) is 8.27. The van der Waals surface area contributed by atoms with Crippen molar-refractivity contribution in [2.75, 3.05) is 20.1 Å². The molecule has 0 amide bonds. The Kier molecular flexibility index (Phi) is 2.94. The molecular formula is C10H22N+. The largest absolute Gasteiger partial charge is 0.324 e. The van der Waals surface area contributed by atoms with Crippen molar-refractivity contribution < 1.29 is 4.48 Å². The molecule has 0 bridgehead atoms. The zero-order valence-electron chi connectivity index (χ0n) is 8.27. The van der Waals surface area contributed by atoms with Gasteiger partial charge in [0.25, 0.3) is 0 Å². The van der Waals surface area contributed by atoms with Crippen molar-refractivity contribution in [3.63, 3.8) is 0 Å². The Morgan fingerprint density at radius 2 is 2.00 bits per heavy atom. The molecule has 0 aromatic rings. The topological polar surface area (TPSA) is 0 Å². The van der Waals surface area contributed by atoms with Gasteiger partial charge in [-0.05, 0) is 32.6 Å². The molecule has 2 atom stereocenters. The summed E-state index contributed by atoms with van der Waals surface area (Å²) in [7, 11) is 2.42. The van der Waals surface area contributed by atoms with Crippen LogP contribution in [-0.4, -0.2) is 30.7 Å². The third-order valence-electron chi connectivity index (χ3n) is 3.53. The van der Waals surface area contributed by atoms with Gasteiger partial charge >= 0.3 is 0 Å². The van der Waals surface area contributed by atoms with Gasteiger partial charge < -0.3 is 4.48 Å². The molecule has 1 rings (SSSR count). The summed E-state index contributed by atoms with van der Waals surface area (Å²) >= 11 is 0. The van der Waals surface area contributed by atoms with E-state index in [2.05, 4.69) is 20.9 Å². The SMILES string of the molecule is CC[C@H]1CCCC[N@+]1(C)CC. The lowest BCUT2D eigenvalue weighted by Crippen LogP contribution is -2.54. The van der Waals surface area contributed by atoms with Crippen molar-refractivity contribution in [3.8, 4) is 0 Å². The first-order valence-corrected chi connectivity index (χ1v) is 5.07. The third-order valence-corrected chi connectivity index (χ3v) is 3.53. The van der Waals surface area contributed by atoms with Crippen molar-refractivity contribution in [1.82, 2.24) is 0 Å². The van der Waals surface area contributed by atoms with E-state index >= 15 is 0 Å². The van der Waals surface area contributed by atoms with Gasteiger partial charge in [-0.3, -0.25) is 0 Å². The van der Waals surface area contributed by atoms with E-state index in [1.807, 2.05) is 0 Å². The van der Waals surface area contributed by atoms with Crippen molar-refractivity contribution in [1.29, 1.82) is 0 Å². The second-order valence-corrected chi connectivity index (χ2v) is 4.08. The van der Waals surface area contributed by atoms with E-state index in [4.69, 9.17) is 0 Å². The molecule has 1 fully saturated rings. The molecule has 0 N–H and O–H groups in total. The highest BCUT2D eigenvalue weighted by molar-refractivity contribution is 4.63. The fourth-order valence-electron chi connectivity index (χ4n) is 2.41. The van der Waals surface area contributed by atoms with Gasteiger partial charge in [0.15, 0.2) is 0 Å². The molecule has 0 spiro atoms. The average molecular weight is 156 g/mol. The summed E-state index contributed by atoms with van der Waals surface area (Å²) in [6, 6.07) is 0.953. The molecule has 11 heavy (non-hydrogen) atoms. The minimum atomic E-state index is 0.953. The van der Waals surface area contributed by atoms with E-state index in [0.29, 0.717) is 0 Å². The van der Waals surface area contributed by atoms with Crippen LogP contribution in [0.15, 0.2) is 0 Å². The second kappa shape index (κ2) is 3.57. The molecule has 1 saturated heterocycles. The number of quaternary nitrogens is 1. The van der Waals surface area contributed by atoms with Crippen molar-refractivity contribution >= 4 is 0 Å². The van der Waals surface area contributed by atoms with Gasteiger partial charge in [-0.2, -0.15) is 0 Å². The normalized spacial score (nSPS) is 39.0. The highest BCUT2D eigenvalue weighted by Crippen LogP contribution is 2.25. The van der Waals surface area contributed by atoms with E-state index in [1.165, 1.54) is 43.3 Å². The van der Waals surface area contributed by atoms with E-state index in [0.717, 1.165) is 6.04 Å². The van der Waals surface area contributed by atoms with Crippen LogP contribution in [0, 0.1) is 0 Å². The van der Waals surface area contributed by atoms with Crippen LogP contribution in [0.5, 0.6) is 0 Å². The van der Waals surface area contributed by atoms with Crippen LogP contribution >= 0.6 is 0 Å². The maximum absolute atomic E-state index is 2.42. The van der Waals surface area contributed by atoms with Crippen LogP contribution in [-0.2, 0) is 0 Å². The predicted octanol–water partition coefficient (Wildman–Crippen LogP) is 2.42. The molecule has 1 heteroatoms. The quantitative estimate of drug-likeness (QED) is 0.539. The summed E-state index contributed by atoms with van der Waals surface area (Å²) in [6.45, 7) is 7.39. The maximum atomic E-state index is 2.42. The van der Waals surface area contributed by atoms with Crippen molar-refractivity contribution in [2.24, 2.45) is 0 Å². The molecular weight excluding hydrogens is 134 g/mol. The summed E-state index contributed by atoms with van der Waals surface area (Å²) in [6.07, 6.45) is 5.73. The Hall–Kier alpha value is -0.0400. The summed E-state index contributed by atoms with van der Waals surface area (Å²) in [5, 5.41) is 0. The Bertz CT molecular complexity index is 122. The van der Waals surface area contributed by atoms with Gasteiger partial charge in [0.1, 0.15) is 0 Å². The van der Waals surface area contributed by atoms with Gasteiger partial charge in [-0.15, -0.1) is 0 Å². The third kappa shape index (κ3) is 1.76. The molecule has 66 valence electrons. The molecule has 0 saturated carbocycles. The molecule has 1 heterocycles. The molecule has 1 nitrogen and oxygen atoms in total. The van der Waals surface area contributed by atoms with E-state index in [-0.39, 0.29) is 0 Å². The fraction of sp³-hybridized carbons (Fsp3) is 1.00. The summed E-state index contributed by atoms with van der Waals surface area (Å²) in [4.78, 5) is 0. The lowest BCUT2D eigenvalue weighted by molar-refractivity contribution is -0.936. The highest BCUT2D eigenvalue weighted by atomic mass is 15.4. The molecule has 1 aliphatic heterocycles. The molecule has 0 unspecified atom stereocenters. The predicted molar refractivity (Wildman–Crippen MR) is 49.5 cm³/mol. The highest BCUT2D eigenvalue weighted by Gasteiger charge is 2.31. The molecule has 0 radical (unpaired) electrons. The van der Waals surface area contributed by atoms with Crippen LogP contribution in [0.3, 0.4) is 0 Å². The van der Waals surface area contributed by atoms with Gasteiger partial charge in [0.2, 0.25) is 0 Å². The van der Waals surface area contributed by atoms with Gasteiger partial charge in [0.05, 0.1) is 26.2 Å². The van der Waals surface area contributed by atoms with E-state index in [1.54, 1.807) is 0 Å². The molecule has 0 aromatic heterocycles. The Morgan fingerprint density at radius 1 is 1.27 bits per heavy atom. The summed E-state index contributed by atoms with van der Waals surface area (Å²) in [5.74, 6) is 0. The zero-order chi connectivity index (χ0) is 8.32. The van der Waals surface area contributed by atoms with Crippen LogP contribution in [0.1, 0.15) is 39.5 Å². The van der Waals surface area contributed by atoms with Gasteiger partial charge in [0, 0.05) is 0 Å². The summed E-state index contributed by atoms with van der Waals surface area (Å²) in [5.41, 5.74) is 0. The number of hydrogen-bond donors (Lipinski definition) is 0. The first-order valence-electron chi connectivity index (χ1n) is 5.07. The first kappa shape index (κ1) is 9.05. The van der Waals surface area contributed by atoms with E-state index < -0.39 is 0 Å². The number of rotatable bonds is 2. The molecule has 1 aliphatic rings. The van der Waals surface area contributed by atoms with Crippen LogP contribution < -0.4 is 0 Å². The Balaban J connectivity index is 2.57. The standard InChI is InChI=1S/C10H22N/c1-4-10-8-6-7-9-11(10,3)5-2/h10H,4-9H2,1-3H3/q+1/t10-,11-/m0/s1. The smallest absolute Gasteiger partial charge is 0.0885 e. The Labute approximate surface area is 71.0 Å². The summed E-state index contributed by atoms with van der Waals surface area (Å²) < 4.78 is 1.33. The Morgan fingerprint density at radius 3 is 2.45 bits per heavy atom. The van der Waals surface area contributed by atoms with Crippen molar-refractivity contribution in [2.45, 2.75) is 45.6 Å². The van der Waals surface area contributed by atoms with Crippen LogP contribution in [0.4, 0.5) is 0 Å². The van der Waals surface area contributed by atoms with Crippen molar-refractivity contribution in [3.05, 3.63) is 0 Å². The number of likely N-dealkylation sites (tertiary alicyclic amines) is 1. The first-order chi connectivity index (χ1) is 5.23. The molecule has 0 aliphatic carbocycles. The second-order valence-electron chi connectivity index (χ2n) is 4.08. The van der Waals surface area contributed by atoms with E-state index in [9.17, 15) is 0 Å². The minimum Gasteiger partial charge on any atom is -0.324 e. The van der Waals surface area contributed by atoms with Crippen LogP contribution in [0.25, 0.3) is 0 Å². The monoisotopic (exact) mass is 156 g/mol. The number of piperidine rings is 1. The number of hydrogen-bond acceptors (Lipinski definition) is 0. The molecule has 0 aromatic carbocycles. The minimum absolute atomic E-state index is 0.953.